The summed E-state index contributed by atoms with van der Waals surface area (Å²) in [6.07, 6.45) is 8.18. The number of nitrogens with one attached hydrogen (secondary N) is 1. The molecule has 114 valence electrons. The van der Waals surface area contributed by atoms with Crippen molar-refractivity contribution < 1.29 is 9.53 Å². The summed E-state index contributed by atoms with van der Waals surface area (Å²) in [6, 6.07) is 0.0576. The zero-order chi connectivity index (χ0) is 14.0. The Kier molecular flexibility index (Phi) is 4.17. The molecule has 0 aromatic heterocycles. The molecule has 2 saturated carbocycles. The molecular weight excluding hydrogens is 254 g/mol. The molecule has 2 aliphatic carbocycles. The van der Waals surface area contributed by atoms with Gasteiger partial charge in [0.15, 0.2) is 0 Å². The van der Waals surface area contributed by atoms with Crippen molar-refractivity contribution in [1.29, 1.82) is 0 Å². The SMILES string of the molecule is NCC1CN(C(=O)NCC2CCCC3(CC3)C2)CCO1. The van der Waals surface area contributed by atoms with Crippen molar-refractivity contribution in [2.24, 2.45) is 17.1 Å². The van der Waals surface area contributed by atoms with Crippen LogP contribution in [0.15, 0.2) is 0 Å². The fraction of sp³-hybridized carbons (Fsp3) is 0.933. The van der Waals surface area contributed by atoms with Gasteiger partial charge in [0.05, 0.1) is 12.7 Å². The quantitative estimate of drug-likeness (QED) is 0.820. The van der Waals surface area contributed by atoms with Gasteiger partial charge in [-0.25, -0.2) is 4.79 Å². The topological polar surface area (TPSA) is 67.6 Å². The Hall–Kier alpha value is -0.810. The lowest BCUT2D eigenvalue weighted by atomic mass is 9.79. The molecule has 1 spiro atoms. The van der Waals surface area contributed by atoms with E-state index in [1.807, 2.05) is 4.90 Å². The zero-order valence-electron chi connectivity index (χ0n) is 12.3. The van der Waals surface area contributed by atoms with Gasteiger partial charge in [0, 0.05) is 26.2 Å². The lowest BCUT2D eigenvalue weighted by molar-refractivity contribution is -0.00877. The van der Waals surface area contributed by atoms with E-state index in [-0.39, 0.29) is 12.1 Å². The second-order valence-electron chi connectivity index (χ2n) is 6.82. The van der Waals surface area contributed by atoms with E-state index < -0.39 is 0 Å². The molecule has 1 aliphatic heterocycles. The van der Waals surface area contributed by atoms with Gasteiger partial charge in [0.2, 0.25) is 0 Å². The molecule has 2 unspecified atom stereocenters. The lowest BCUT2D eigenvalue weighted by Gasteiger charge is -2.34. The molecule has 1 saturated heterocycles. The molecule has 3 aliphatic rings. The number of hydrogen-bond donors (Lipinski definition) is 2. The molecule has 3 N–H and O–H groups in total. The van der Waals surface area contributed by atoms with Crippen LogP contribution < -0.4 is 11.1 Å². The van der Waals surface area contributed by atoms with E-state index in [1.54, 1.807) is 0 Å². The van der Waals surface area contributed by atoms with E-state index in [4.69, 9.17) is 10.5 Å². The molecule has 5 nitrogen and oxygen atoms in total. The van der Waals surface area contributed by atoms with E-state index >= 15 is 0 Å². The first-order chi connectivity index (χ1) is 9.71. The molecule has 20 heavy (non-hydrogen) atoms. The minimum atomic E-state index is -0.00101. The van der Waals surface area contributed by atoms with Gasteiger partial charge >= 0.3 is 6.03 Å². The van der Waals surface area contributed by atoms with Gasteiger partial charge in [-0.1, -0.05) is 6.42 Å². The summed E-state index contributed by atoms with van der Waals surface area (Å²) in [7, 11) is 0. The summed E-state index contributed by atoms with van der Waals surface area (Å²) in [4.78, 5) is 14.0. The lowest BCUT2D eigenvalue weighted by Crippen LogP contribution is -2.52. The number of carbonyl (C=O) groups excluding carboxylic acids is 1. The van der Waals surface area contributed by atoms with E-state index in [1.165, 1.54) is 38.5 Å². The van der Waals surface area contributed by atoms with Crippen LogP contribution >= 0.6 is 0 Å². The summed E-state index contributed by atoms with van der Waals surface area (Å²) >= 11 is 0. The van der Waals surface area contributed by atoms with E-state index in [9.17, 15) is 4.79 Å². The molecular formula is C15H27N3O2. The van der Waals surface area contributed by atoms with Crippen LogP contribution in [0, 0.1) is 11.3 Å². The third-order valence-corrected chi connectivity index (χ3v) is 5.23. The monoisotopic (exact) mass is 281 g/mol. The Morgan fingerprint density at radius 1 is 1.40 bits per heavy atom. The third kappa shape index (κ3) is 3.26. The number of nitrogens with two attached hydrogens (primary N) is 1. The Morgan fingerprint density at radius 2 is 2.25 bits per heavy atom. The first-order valence-electron chi connectivity index (χ1n) is 8.05. The van der Waals surface area contributed by atoms with Crippen LogP contribution in [0.2, 0.25) is 0 Å². The van der Waals surface area contributed by atoms with Gasteiger partial charge in [-0.2, -0.15) is 0 Å². The van der Waals surface area contributed by atoms with Crippen LogP contribution in [-0.4, -0.2) is 49.8 Å². The van der Waals surface area contributed by atoms with Crippen molar-refractivity contribution in [2.45, 2.75) is 44.6 Å². The number of nitrogens with zero attached hydrogens (tertiary/aromatic N) is 1. The normalized spacial score (nSPS) is 32.1. The first kappa shape index (κ1) is 14.1. The molecule has 0 aromatic carbocycles. The molecule has 0 aromatic rings. The van der Waals surface area contributed by atoms with Crippen molar-refractivity contribution in [2.75, 3.05) is 32.8 Å². The average Bonchev–Trinajstić information content (AvgIpc) is 3.23. The molecule has 2 atom stereocenters. The fourth-order valence-electron chi connectivity index (χ4n) is 3.78. The van der Waals surface area contributed by atoms with Gasteiger partial charge in [0.1, 0.15) is 0 Å². The molecule has 2 amide bonds. The number of carbonyl (C=O) groups is 1. The molecule has 0 radical (unpaired) electrons. The van der Waals surface area contributed by atoms with Crippen LogP contribution in [0.4, 0.5) is 4.79 Å². The van der Waals surface area contributed by atoms with E-state index in [2.05, 4.69) is 5.32 Å². The summed E-state index contributed by atoms with van der Waals surface area (Å²) < 4.78 is 5.49. The summed E-state index contributed by atoms with van der Waals surface area (Å²) in [5.74, 6) is 0.682. The summed E-state index contributed by atoms with van der Waals surface area (Å²) in [5, 5.41) is 3.12. The second kappa shape index (κ2) is 5.90. The summed E-state index contributed by atoms with van der Waals surface area (Å²) in [5.41, 5.74) is 6.29. The third-order valence-electron chi connectivity index (χ3n) is 5.23. The largest absolute Gasteiger partial charge is 0.373 e. The maximum absolute atomic E-state index is 12.2. The van der Waals surface area contributed by atoms with Crippen molar-refractivity contribution in [1.82, 2.24) is 10.2 Å². The summed E-state index contributed by atoms with van der Waals surface area (Å²) in [6.45, 7) is 3.22. The highest BCUT2D eigenvalue weighted by Gasteiger charge is 2.45. The van der Waals surface area contributed by atoms with E-state index in [0.29, 0.717) is 37.6 Å². The van der Waals surface area contributed by atoms with Crippen LogP contribution in [0.5, 0.6) is 0 Å². The number of rotatable bonds is 3. The van der Waals surface area contributed by atoms with Crippen LogP contribution in [-0.2, 0) is 4.74 Å². The maximum atomic E-state index is 12.2. The standard InChI is InChI=1S/C15H27N3O2/c16-9-13-11-18(6-7-20-13)14(19)17-10-12-2-1-3-15(8-12)4-5-15/h12-13H,1-11,16H2,(H,17,19). The smallest absolute Gasteiger partial charge is 0.317 e. The highest BCUT2D eigenvalue weighted by molar-refractivity contribution is 5.74. The number of morpholine rings is 1. The van der Waals surface area contributed by atoms with Crippen molar-refractivity contribution in [3.63, 3.8) is 0 Å². The van der Waals surface area contributed by atoms with Crippen molar-refractivity contribution in [3.05, 3.63) is 0 Å². The Balaban J connectivity index is 1.42. The van der Waals surface area contributed by atoms with Gasteiger partial charge in [-0.15, -0.1) is 0 Å². The molecule has 0 bridgehead atoms. The van der Waals surface area contributed by atoms with Crippen molar-refractivity contribution >= 4 is 6.03 Å². The predicted molar refractivity (Wildman–Crippen MR) is 77.4 cm³/mol. The van der Waals surface area contributed by atoms with Gasteiger partial charge < -0.3 is 20.7 Å². The number of amides is 2. The Bertz CT molecular complexity index is 357. The molecule has 3 fully saturated rings. The number of hydrogen-bond acceptors (Lipinski definition) is 3. The van der Waals surface area contributed by atoms with Gasteiger partial charge in [0.25, 0.3) is 0 Å². The Labute approximate surface area is 121 Å². The van der Waals surface area contributed by atoms with Crippen LogP contribution in [0.1, 0.15) is 38.5 Å². The highest BCUT2D eigenvalue weighted by atomic mass is 16.5. The molecule has 3 rings (SSSR count). The fourth-order valence-corrected chi connectivity index (χ4v) is 3.78. The van der Waals surface area contributed by atoms with Gasteiger partial charge in [-0.05, 0) is 43.4 Å². The zero-order valence-corrected chi connectivity index (χ0v) is 12.3. The second-order valence-corrected chi connectivity index (χ2v) is 6.82. The first-order valence-corrected chi connectivity index (χ1v) is 8.05. The maximum Gasteiger partial charge on any atom is 0.317 e. The highest BCUT2D eigenvalue weighted by Crippen LogP contribution is 2.57. The average molecular weight is 281 g/mol. The Morgan fingerprint density at radius 3 is 3.00 bits per heavy atom. The molecule has 5 heteroatoms. The van der Waals surface area contributed by atoms with Crippen molar-refractivity contribution in [3.8, 4) is 0 Å². The van der Waals surface area contributed by atoms with Gasteiger partial charge in [-0.3, -0.25) is 0 Å². The predicted octanol–water partition coefficient (Wildman–Crippen LogP) is 1.33. The minimum absolute atomic E-state index is 0.00101. The number of ether oxygens (including phenoxy) is 1. The van der Waals surface area contributed by atoms with E-state index in [0.717, 1.165) is 6.54 Å². The van der Waals surface area contributed by atoms with Crippen LogP contribution in [0.25, 0.3) is 0 Å². The minimum Gasteiger partial charge on any atom is -0.373 e. The molecule has 1 heterocycles. The number of urea groups is 1. The van der Waals surface area contributed by atoms with Crippen LogP contribution in [0.3, 0.4) is 0 Å².